The maximum absolute atomic E-state index is 12.0. The second kappa shape index (κ2) is 7.11. The number of amides is 1. The molecule has 0 spiro atoms. The van der Waals surface area contributed by atoms with Crippen molar-refractivity contribution in [3.63, 3.8) is 0 Å². The number of aromatic nitrogens is 2. The molecule has 1 amide bonds. The summed E-state index contributed by atoms with van der Waals surface area (Å²) in [5.74, 6) is 0.292. The normalized spacial score (nSPS) is 9.96. The molecular formula is C18H14N4O2. The van der Waals surface area contributed by atoms with Crippen molar-refractivity contribution in [2.45, 2.75) is 0 Å². The summed E-state index contributed by atoms with van der Waals surface area (Å²) in [6, 6.07) is 16.1. The fourth-order valence-corrected chi connectivity index (χ4v) is 2.16. The smallest absolute Gasteiger partial charge is 0.262 e. The standard InChI is InChI=1S/C18H14N4O2/c19-11-14-3-1-4-15(9-14)21-18(23)12-24-17-6-2-5-16(10-17)22-8-7-20-13-22/h1-10,13H,12H2,(H,21,23). The molecule has 0 atom stereocenters. The number of carbonyl (C=O) groups is 1. The Bertz CT molecular complexity index is 882. The van der Waals surface area contributed by atoms with Crippen LogP contribution in [0.5, 0.6) is 5.75 Å². The highest BCUT2D eigenvalue weighted by Crippen LogP contribution is 2.16. The molecule has 118 valence electrons. The summed E-state index contributed by atoms with van der Waals surface area (Å²) in [4.78, 5) is 16.0. The van der Waals surface area contributed by atoms with Crippen LogP contribution in [0.2, 0.25) is 0 Å². The van der Waals surface area contributed by atoms with E-state index < -0.39 is 0 Å². The van der Waals surface area contributed by atoms with E-state index in [9.17, 15) is 4.79 Å². The minimum absolute atomic E-state index is 0.121. The van der Waals surface area contributed by atoms with Crippen molar-refractivity contribution in [3.8, 4) is 17.5 Å². The third-order valence-electron chi connectivity index (χ3n) is 3.27. The predicted octanol–water partition coefficient (Wildman–Crippen LogP) is 2.76. The molecule has 0 saturated heterocycles. The number of imidazole rings is 1. The number of hydrogen-bond acceptors (Lipinski definition) is 4. The molecule has 0 aliphatic rings. The molecule has 3 rings (SSSR count). The van der Waals surface area contributed by atoms with Gasteiger partial charge in [0.2, 0.25) is 0 Å². The van der Waals surface area contributed by atoms with Crippen LogP contribution in [0.4, 0.5) is 5.69 Å². The fraction of sp³-hybridized carbons (Fsp3) is 0.0556. The van der Waals surface area contributed by atoms with Crippen LogP contribution in [-0.4, -0.2) is 22.1 Å². The van der Waals surface area contributed by atoms with Crippen LogP contribution in [-0.2, 0) is 4.79 Å². The van der Waals surface area contributed by atoms with E-state index >= 15 is 0 Å². The maximum Gasteiger partial charge on any atom is 0.262 e. The van der Waals surface area contributed by atoms with E-state index in [0.29, 0.717) is 17.0 Å². The van der Waals surface area contributed by atoms with Gasteiger partial charge in [-0.2, -0.15) is 5.26 Å². The van der Waals surface area contributed by atoms with Crippen molar-refractivity contribution in [2.75, 3.05) is 11.9 Å². The van der Waals surface area contributed by atoms with Gasteiger partial charge in [0.05, 0.1) is 23.6 Å². The van der Waals surface area contributed by atoms with Crippen molar-refractivity contribution < 1.29 is 9.53 Å². The SMILES string of the molecule is N#Cc1cccc(NC(=O)COc2cccc(-n3ccnc3)c2)c1. The van der Waals surface area contributed by atoms with Crippen LogP contribution in [0, 0.1) is 11.3 Å². The lowest BCUT2D eigenvalue weighted by atomic mass is 10.2. The molecule has 0 bridgehead atoms. The average molecular weight is 318 g/mol. The van der Waals surface area contributed by atoms with Gasteiger partial charge in [-0.3, -0.25) is 4.79 Å². The van der Waals surface area contributed by atoms with Crippen LogP contribution in [0.1, 0.15) is 5.56 Å². The summed E-state index contributed by atoms with van der Waals surface area (Å²) < 4.78 is 7.37. The van der Waals surface area contributed by atoms with Crippen molar-refractivity contribution in [3.05, 3.63) is 72.8 Å². The molecule has 0 fully saturated rings. The Morgan fingerprint density at radius 1 is 1.25 bits per heavy atom. The highest BCUT2D eigenvalue weighted by Gasteiger charge is 2.05. The van der Waals surface area contributed by atoms with Crippen LogP contribution in [0.3, 0.4) is 0 Å². The first-order valence-corrected chi connectivity index (χ1v) is 7.26. The van der Waals surface area contributed by atoms with E-state index in [4.69, 9.17) is 10.00 Å². The number of anilines is 1. The van der Waals surface area contributed by atoms with Gasteiger partial charge < -0.3 is 14.6 Å². The van der Waals surface area contributed by atoms with Crippen molar-refractivity contribution >= 4 is 11.6 Å². The minimum Gasteiger partial charge on any atom is -0.484 e. The Morgan fingerprint density at radius 3 is 2.92 bits per heavy atom. The molecule has 0 unspecified atom stereocenters. The number of nitriles is 1. The Morgan fingerprint density at radius 2 is 2.12 bits per heavy atom. The van der Waals surface area contributed by atoms with Crippen molar-refractivity contribution in [1.29, 1.82) is 5.26 Å². The first kappa shape index (κ1) is 15.3. The first-order chi connectivity index (χ1) is 11.7. The summed E-state index contributed by atoms with van der Waals surface area (Å²) in [6.45, 7) is -0.121. The molecule has 1 aromatic heterocycles. The maximum atomic E-state index is 12.0. The third-order valence-corrected chi connectivity index (χ3v) is 3.27. The van der Waals surface area contributed by atoms with Crippen LogP contribution >= 0.6 is 0 Å². The second-order valence-corrected chi connectivity index (χ2v) is 5.00. The lowest BCUT2D eigenvalue weighted by Gasteiger charge is -2.09. The van der Waals surface area contributed by atoms with Crippen LogP contribution in [0.25, 0.3) is 5.69 Å². The van der Waals surface area contributed by atoms with Crippen LogP contribution in [0.15, 0.2) is 67.3 Å². The summed E-state index contributed by atoms with van der Waals surface area (Å²) in [5.41, 5.74) is 1.95. The van der Waals surface area contributed by atoms with E-state index in [1.165, 1.54) is 0 Å². The van der Waals surface area contributed by atoms with Gasteiger partial charge in [-0.1, -0.05) is 12.1 Å². The summed E-state index contributed by atoms with van der Waals surface area (Å²) >= 11 is 0. The number of ether oxygens (including phenoxy) is 1. The molecule has 1 N–H and O–H groups in total. The van der Waals surface area contributed by atoms with E-state index in [1.807, 2.05) is 35.0 Å². The van der Waals surface area contributed by atoms with E-state index in [0.717, 1.165) is 5.69 Å². The zero-order valence-electron chi connectivity index (χ0n) is 12.7. The third kappa shape index (κ3) is 3.78. The Balaban J connectivity index is 1.60. The van der Waals surface area contributed by atoms with Gasteiger partial charge in [0.25, 0.3) is 5.91 Å². The number of benzene rings is 2. The zero-order valence-corrected chi connectivity index (χ0v) is 12.7. The van der Waals surface area contributed by atoms with Gasteiger partial charge in [-0.05, 0) is 30.3 Å². The summed E-state index contributed by atoms with van der Waals surface area (Å²) in [7, 11) is 0. The lowest BCUT2D eigenvalue weighted by Crippen LogP contribution is -2.20. The van der Waals surface area contributed by atoms with Gasteiger partial charge in [0.1, 0.15) is 5.75 Å². The van der Waals surface area contributed by atoms with E-state index in [-0.39, 0.29) is 12.5 Å². The number of carbonyl (C=O) groups excluding carboxylic acids is 1. The molecule has 6 heteroatoms. The molecule has 0 aliphatic carbocycles. The quantitative estimate of drug-likeness (QED) is 0.784. The molecule has 1 heterocycles. The monoisotopic (exact) mass is 318 g/mol. The molecule has 6 nitrogen and oxygen atoms in total. The average Bonchev–Trinajstić information content (AvgIpc) is 3.15. The molecular weight excluding hydrogens is 304 g/mol. The number of hydrogen-bond donors (Lipinski definition) is 1. The largest absolute Gasteiger partial charge is 0.484 e. The molecule has 0 radical (unpaired) electrons. The molecule has 2 aromatic carbocycles. The van der Waals surface area contributed by atoms with Gasteiger partial charge in [0.15, 0.2) is 6.61 Å². The van der Waals surface area contributed by atoms with Gasteiger partial charge in [0, 0.05) is 24.1 Å². The highest BCUT2D eigenvalue weighted by molar-refractivity contribution is 5.92. The Kier molecular flexibility index (Phi) is 4.54. The van der Waals surface area contributed by atoms with Crippen LogP contribution < -0.4 is 10.1 Å². The molecule has 24 heavy (non-hydrogen) atoms. The van der Waals surface area contributed by atoms with E-state index in [2.05, 4.69) is 10.3 Å². The summed E-state index contributed by atoms with van der Waals surface area (Å²) in [6.07, 6.45) is 5.21. The molecule has 0 saturated carbocycles. The Labute approximate surface area is 138 Å². The molecule has 3 aromatic rings. The second-order valence-electron chi connectivity index (χ2n) is 5.00. The first-order valence-electron chi connectivity index (χ1n) is 7.26. The summed E-state index contributed by atoms with van der Waals surface area (Å²) in [5, 5.41) is 11.6. The minimum atomic E-state index is -0.293. The lowest BCUT2D eigenvalue weighted by molar-refractivity contribution is -0.118. The van der Waals surface area contributed by atoms with Crippen molar-refractivity contribution in [1.82, 2.24) is 9.55 Å². The van der Waals surface area contributed by atoms with E-state index in [1.54, 1.807) is 42.9 Å². The van der Waals surface area contributed by atoms with Gasteiger partial charge >= 0.3 is 0 Å². The Hall–Kier alpha value is -3.59. The highest BCUT2D eigenvalue weighted by atomic mass is 16.5. The topological polar surface area (TPSA) is 79.9 Å². The van der Waals surface area contributed by atoms with Gasteiger partial charge in [-0.25, -0.2) is 4.98 Å². The number of nitrogens with zero attached hydrogens (tertiary/aromatic N) is 3. The van der Waals surface area contributed by atoms with Crippen molar-refractivity contribution in [2.24, 2.45) is 0 Å². The fourth-order valence-electron chi connectivity index (χ4n) is 2.16. The number of rotatable bonds is 5. The van der Waals surface area contributed by atoms with Gasteiger partial charge in [-0.15, -0.1) is 0 Å². The molecule has 0 aliphatic heterocycles. The number of nitrogens with one attached hydrogen (secondary N) is 1. The zero-order chi connectivity index (χ0) is 16.8. The predicted molar refractivity (Wildman–Crippen MR) is 88.8 cm³/mol.